The standard InChI is InChI=1S/C14H15N3O/c1-9(2)11-6-13(10-7-15-17(3)8-10)16-12-4-5-18-14(11)12/h4-9H,1-3H3. The minimum atomic E-state index is 0.400. The Morgan fingerprint density at radius 1 is 1.33 bits per heavy atom. The molecule has 18 heavy (non-hydrogen) atoms. The maximum atomic E-state index is 5.52. The molecule has 0 aliphatic carbocycles. The van der Waals surface area contributed by atoms with Gasteiger partial charge in [0.1, 0.15) is 5.52 Å². The van der Waals surface area contributed by atoms with E-state index in [1.807, 2.05) is 25.5 Å². The smallest absolute Gasteiger partial charge is 0.155 e. The van der Waals surface area contributed by atoms with E-state index in [2.05, 4.69) is 30.0 Å². The maximum absolute atomic E-state index is 5.52. The van der Waals surface area contributed by atoms with Gasteiger partial charge < -0.3 is 4.42 Å². The van der Waals surface area contributed by atoms with Gasteiger partial charge in [-0.2, -0.15) is 5.10 Å². The number of pyridine rings is 1. The zero-order chi connectivity index (χ0) is 12.7. The summed E-state index contributed by atoms with van der Waals surface area (Å²) in [6, 6.07) is 3.99. The van der Waals surface area contributed by atoms with Gasteiger partial charge in [-0.15, -0.1) is 0 Å². The molecule has 0 fully saturated rings. The number of furan rings is 1. The molecule has 3 aromatic heterocycles. The third-order valence-corrected chi connectivity index (χ3v) is 3.06. The molecule has 3 aromatic rings. The van der Waals surface area contributed by atoms with Crippen molar-refractivity contribution in [1.82, 2.24) is 14.8 Å². The zero-order valence-electron chi connectivity index (χ0n) is 10.7. The summed E-state index contributed by atoms with van der Waals surface area (Å²) in [5.74, 6) is 0.400. The first kappa shape index (κ1) is 11.0. The molecule has 0 amide bonds. The Labute approximate surface area is 105 Å². The second kappa shape index (κ2) is 3.98. The summed E-state index contributed by atoms with van der Waals surface area (Å²) in [4.78, 5) is 4.61. The fraction of sp³-hybridized carbons (Fsp3) is 0.286. The number of nitrogens with zero attached hydrogens (tertiary/aromatic N) is 3. The van der Waals surface area contributed by atoms with Gasteiger partial charge in [-0.05, 0) is 12.0 Å². The molecule has 0 saturated heterocycles. The molecular formula is C14H15N3O. The Morgan fingerprint density at radius 2 is 2.17 bits per heavy atom. The number of rotatable bonds is 2. The summed E-state index contributed by atoms with van der Waals surface area (Å²) >= 11 is 0. The van der Waals surface area contributed by atoms with Crippen LogP contribution in [0.1, 0.15) is 25.3 Å². The van der Waals surface area contributed by atoms with E-state index < -0.39 is 0 Å². The third-order valence-electron chi connectivity index (χ3n) is 3.06. The summed E-state index contributed by atoms with van der Waals surface area (Å²) in [6.45, 7) is 4.31. The molecule has 0 saturated carbocycles. The van der Waals surface area contributed by atoms with Crippen LogP contribution in [-0.4, -0.2) is 14.8 Å². The van der Waals surface area contributed by atoms with Crippen LogP contribution in [0, 0.1) is 0 Å². The lowest BCUT2D eigenvalue weighted by molar-refractivity contribution is 0.607. The Balaban J connectivity index is 2.24. The van der Waals surface area contributed by atoms with E-state index in [4.69, 9.17) is 4.42 Å². The Morgan fingerprint density at radius 3 is 2.83 bits per heavy atom. The van der Waals surface area contributed by atoms with Crippen molar-refractivity contribution in [3.8, 4) is 11.3 Å². The van der Waals surface area contributed by atoms with Crippen LogP contribution in [-0.2, 0) is 7.05 Å². The van der Waals surface area contributed by atoms with Crippen molar-refractivity contribution in [1.29, 1.82) is 0 Å². The monoisotopic (exact) mass is 241 g/mol. The van der Waals surface area contributed by atoms with Gasteiger partial charge in [-0.3, -0.25) is 4.68 Å². The molecule has 0 unspecified atom stereocenters. The van der Waals surface area contributed by atoms with Crippen molar-refractivity contribution in [3.63, 3.8) is 0 Å². The van der Waals surface area contributed by atoms with Gasteiger partial charge in [0.15, 0.2) is 5.58 Å². The van der Waals surface area contributed by atoms with E-state index in [0.29, 0.717) is 5.92 Å². The van der Waals surface area contributed by atoms with Gasteiger partial charge in [0, 0.05) is 30.4 Å². The van der Waals surface area contributed by atoms with Crippen molar-refractivity contribution in [2.45, 2.75) is 19.8 Å². The van der Waals surface area contributed by atoms with Gasteiger partial charge in [0.05, 0.1) is 18.2 Å². The fourth-order valence-corrected chi connectivity index (χ4v) is 2.11. The van der Waals surface area contributed by atoms with Crippen LogP contribution >= 0.6 is 0 Å². The minimum Gasteiger partial charge on any atom is -0.462 e. The van der Waals surface area contributed by atoms with Gasteiger partial charge in [0.2, 0.25) is 0 Å². The van der Waals surface area contributed by atoms with Crippen molar-refractivity contribution < 1.29 is 4.42 Å². The quantitative estimate of drug-likeness (QED) is 0.691. The number of fused-ring (bicyclic) bond motifs is 1. The highest BCUT2D eigenvalue weighted by atomic mass is 16.3. The molecule has 0 atom stereocenters. The Hall–Kier alpha value is -2.10. The van der Waals surface area contributed by atoms with Gasteiger partial charge in [0.25, 0.3) is 0 Å². The molecular weight excluding hydrogens is 226 g/mol. The van der Waals surface area contributed by atoms with Crippen molar-refractivity contribution in [3.05, 3.63) is 36.4 Å². The highest BCUT2D eigenvalue weighted by Gasteiger charge is 2.13. The highest BCUT2D eigenvalue weighted by Crippen LogP contribution is 2.29. The molecule has 0 radical (unpaired) electrons. The van der Waals surface area contributed by atoms with Crippen LogP contribution in [0.3, 0.4) is 0 Å². The topological polar surface area (TPSA) is 43.9 Å². The van der Waals surface area contributed by atoms with E-state index in [1.54, 1.807) is 10.9 Å². The third kappa shape index (κ3) is 1.70. The lowest BCUT2D eigenvalue weighted by Gasteiger charge is -2.07. The fourth-order valence-electron chi connectivity index (χ4n) is 2.11. The molecule has 3 heterocycles. The highest BCUT2D eigenvalue weighted by molar-refractivity contribution is 5.80. The van der Waals surface area contributed by atoms with Crippen molar-refractivity contribution in [2.24, 2.45) is 7.05 Å². The molecule has 4 heteroatoms. The van der Waals surface area contributed by atoms with Crippen LogP contribution in [0.5, 0.6) is 0 Å². The van der Waals surface area contributed by atoms with Crippen LogP contribution in [0.4, 0.5) is 0 Å². The molecule has 0 aliphatic heterocycles. The summed E-state index contributed by atoms with van der Waals surface area (Å²) < 4.78 is 7.31. The summed E-state index contributed by atoms with van der Waals surface area (Å²) in [7, 11) is 1.91. The normalized spacial score (nSPS) is 11.6. The first-order valence-electron chi connectivity index (χ1n) is 6.02. The van der Waals surface area contributed by atoms with E-state index in [9.17, 15) is 0 Å². The summed E-state index contributed by atoms with van der Waals surface area (Å²) in [5, 5.41) is 4.19. The zero-order valence-corrected chi connectivity index (χ0v) is 10.7. The first-order valence-corrected chi connectivity index (χ1v) is 6.02. The summed E-state index contributed by atoms with van der Waals surface area (Å²) in [5.41, 5.74) is 4.95. The van der Waals surface area contributed by atoms with Crippen molar-refractivity contribution in [2.75, 3.05) is 0 Å². The summed E-state index contributed by atoms with van der Waals surface area (Å²) in [6.07, 6.45) is 5.49. The molecule has 92 valence electrons. The lowest BCUT2D eigenvalue weighted by Crippen LogP contribution is -1.92. The van der Waals surface area contributed by atoms with Gasteiger partial charge in [-0.25, -0.2) is 4.98 Å². The van der Waals surface area contributed by atoms with Crippen LogP contribution in [0.2, 0.25) is 0 Å². The van der Waals surface area contributed by atoms with Crippen LogP contribution < -0.4 is 0 Å². The van der Waals surface area contributed by atoms with Crippen LogP contribution in [0.25, 0.3) is 22.4 Å². The average Bonchev–Trinajstić information content (AvgIpc) is 2.95. The molecule has 0 N–H and O–H groups in total. The number of hydrogen-bond donors (Lipinski definition) is 0. The predicted octanol–water partition coefficient (Wildman–Crippen LogP) is 3.35. The van der Waals surface area contributed by atoms with Gasteiger partial charge in [-0.1, -0.05) is 13.8 Å². The van der Waals surface area contributed by atoms with E-state index in [1.165, 1.54) is 5.56 Å². The van der Waals surface area contributed by atoms with Gasteiger partial charge >= 0.3 is 0 Å². The molecule has 0 bridgehead atoms. The SMILES string of the molecule is CC(C)c1cc(-c2cnn(C)c2)nc2ccoc12. The Bertz CT molecular complexity index is 694. The number of hydrogen-bond acceptors (Lipinski definition) is 3. The van der Waals surface area contributed by atoms with E-state index >= 15 is 0 Å². The number of aryl methyl sites for hydroxylation is 1. The Kier molecular flexibility index (Phi) is 2.44. The second-order valence-electron chi connectivity index (χ2n) is 4.79. The molecule has 0 spiro atoms. The van der Waals surface area contributed by atoms with Crippen LogP contribution in [0.15, 0.2) is 35.2 Å². The van der Waals surface area contributed by atoms with E-state index in [-0.39, 0.29) is 0 Å². The largest absolute Gasteiger partial charge is 0.462 e. The number of aromatic nitrogens is 3. The predicted molar refractivity (Wildman–Crippen MR) is 70.3 cm³/mol. The lowest BCUT2D eigenvalue weighted by atomic mass is 10.0. The maximum Gasteiger partial charge on any atom is 0.155 e. The molecule has 0 aromatic carbocycles. The average molecular weight is 241 g/mol. The first-order chi connectivity index (χ1) is 8.65. The second-order valence-corrected chi connectivity index (χ2v) is 4.79. The molecule has 3 rings (SSSR count). The minimum absolute atomic E-state index is 0.400. The molecule has 4 nitrogen and oxygen atoms in total. The van der Waals surface area contributed by atoms with Crippen molar-refractivity contribution >= 4 is 11.1 Å². The van der Waals surface area contributed by atoms with E-state index in [0.717, 1.165) is 22.4 Å². The molecule has 0 aliphatic rings.